The van der Waals surface area contributed by atoms with Crippen molar-refractivity contribution in [3.05, 3.63) is 46.8 Å². The summed E-state index contributed by atoms with van der Waals surface area (Å²) in [5.74, 6) is -1.16. The predicted octanol–water partition coefficient (Wildman–Crippen LogP) is 3.84. The van der Waals surface area contributed by atoms with Crippen LogP contribution in [0.3, 0.4) is 0 Å². The van der Waals surface area contributed by atoms with Crippen molar-refractivity contribution in [1.82, 2.24) is 20.0 Å². The third kappa shape index (κ3) is 4.69. The quantitative estimate of drug-likeness (QED) is 0.762. The van der Waals surface area contributed by atoms with Crippen LogP contribution < -0.4 is 10.1 Å². The van der Waals surface area contributed by atoms with Crippen LogP contribution in [0.4, 0.5) is 8.78 Å². The Morgan fingerprint density at radius 3 is 2.66 bits per heavy atom. The highest BCUT2D eigenvalue weighted by Crippen LogP contribution is 2.25. The van der Waals surface area contributed by atoms with Crippen molar-refractivity contribution in [2.75, 3.05) is 6.54 Å². The molecular weight excluding hydrogens is 394 g/mol. The Bertz CT molecular complexity index is 875. The second kappa shape index (κ2) is 8.65. The molecule has 1 aliphatic carbocycles. The molecule has 0 radical (unpaired) electrons. The summed E-state index contributed by atoms with van der Waals surface area (Å²) in [5.41, 5.74) is 3.02. The zero-order valence-electron chi connectivity index (χ0n) is 16.6. The first-order valence-corrected chi connectivity index (χ1v) is 10.6. The van der Waals surface area contributed by atoms with E-state index in [4.69, 9.17) is 17.0 Å². The zero-order valence-corrected chi connectivity index (χ0v) is 17.4. The van der Waals surface area contributed by atoms with E-state index < -0.39 is 11.6 Å². The van der Waals surface area contributed by atoms with Gasteiger partial charge in [-0.1, -0.05) is 19.3 Å². The summed E-state index contributed by atoms with van der Waals surface area (Å²) in [6.07, 6.45) is 7.03. The SMILES string of the molecule is Cn1nc(COc2cc(F)cc(F)c2)c2c1CCN(C(=S)NC1CCCCC1)C2. The molecule has 1 aromatic carbocycles. The molecule has 2 aromatic rings. The molecule has 1 fully saturated rings. The highest BCUT2D eigenvalue weighted by molar-refractivity contribution is 7.80. The van der Waals surface area contributed by atoms with Crippen LogP contribution >= 0.6 is 12.2 Å². The second-order valence-corrected chi connectivity index (χ2v) is 8.23. The molecule has 4 rings (SSSR count). The molecule has 156 valence electrons. The molecule has 0 unspecified atom stereocenters. The average Bonchev–Trinajstić information content (AvgIpc) is 3.01. The van der Waals surface area contributed by atoms with E-state index in [1.807, 2.05) is 11.7 Å². The number of halogens is 2. The standard InChI is InChI=1S/C21H26F2N4OS/c1-26-20-7-8-27(21(29)24-16-5-3-2-4-6-16)12-18(20)19(25-26)13-28-17-10-14(22)9-15(23)11-17/h9-11,16H,2-8,12-13H2,1H3,(H,24,29). The van der Waals surface area contributed by atoms with Crippen molar-refractivity contribution < 1.29 is 13.5 Å². The summed E-state index contributed by atoms with van der Waals surface area (Å²) in [5, 5.41) is 8.90. The fourth-order valence-electron chi connectivity index (χ4n) is 4.24. The fraction of sp³-hybridized carbons (Fsp3) is 0.524. The summed E-state index contributed by atoms with van der Waals surface area (Å²) in [6, 6.07) is 3.65. The third-order valence-electron chi connectivity index (χ3n) is 5.76. The predicted molar refractivity (Wildman–Crippen MR) is 111 cm³/mol. The van der Waals surface area contributed by atoms with E-state index in [2.05, 4.69) is 15.3 Å². The van der Waals surface area contributed by atoms with Crippen LogP contribution in [-0.4, -0.2) is 32.4 Å². The molecule has 1 aromatic heterocycles. The highest BCUT2D eigenvalue weighted by Gasteiger charge is 2.26. The van der Waals surface area contributed by atoms with Crippen LogP contribution in [-0.2, 0) is 26.6 Å². The second-order valence-electron chi connectivity index (χ2n) is 7.85. The fourth-order valence-corrected chi connectivity index (χ4v) is 4.56. The average molecular weight is 421 g/mol. The van der Waals surface area contributed by atoms with Gasteiger partial charge >= 0.3 is 0 Å². The van der Waals surface area contributed by atoms with Crippen molar-refractivity contribution in [3.63, 3.8) is 0 Å². The van der Waals surface area contributed by atoms with Gasteiger partial charge in [0.25, 0.3) is 0 Å². The number of nitrogens with zero attached hydrogens (tertiary/aromatic N) is 3. The minimum absolute atomic E-state index is 0.155. The monoisotopic (exact) mass is 420 g/mol. The van der Waals surface area contributed by atoms with Gasteiger partial charge in [-0.15, -0.1) is 0 Å². The number of hydrogen-bond acceptors (Lipinski definition) is 3. The lowest BCUT2D eigenvalue weighted by molar-refractivity contribution is 0.292. The highest BCUT2D eigenvalue weighted by atomic mass is 32.1. The summed E-state index contributed by atoms with van der Waals surface area (Å²) < 4.78 is 34.3. The summed E-state index contributed by atoms with van der Waals surface area (Å²) in [6.45, 7) is 1.67. The van der Waals surface area contributed by atoms with E-state index in [1.54, 1.807) is 0 Å². The smallest absolute Gasteiger partial charge is 0.169 e. The van der Waals surface area contributed by atoms with Crippen LogP contribution in [0.25, 0.3) is 0 Å². The number of benzene rings is 1. The number of aryl methyl sites for hydroxylation is 1. The van der Waals surface area contributed by atoms with E-state index in [9.17, 15) is 8.78 Å². The third-order valence-corrected chi connectivity index (χ3v) is 6.13. The van der Waals surface area contributed by atoms with Crippen molar-refractivity contribution in [3.8, 4) is 5.75 Å². The number of aromatic nitrogens is 2. The maximum Gasteiger partial charge on any atom is 0.169 e. The molecule has 0 saturated heterocycles. The van der Waals surface area contributed by atoms with Gasteiger partial charge < -0.3 is 15.0 Å². The van der Waals surface area contributed by atoms with E-state index in [1.165, 1.54) is 44.2 Å². The van der Waals surface area contributed by atoms with Crippen LogP contribution in [0.1, 0.15) is 49.1 Å². The van der Waals surface area contributed by atoms with Crippen LogP contribution in [0.2, 0.25) is 0 Å². The number of fused-ring (bicyclic) bond motifs is 1. The number of rotatable bonds is 4. The molecular formula is C21H26F2N4OS. The zero-order chi connectivity index (χ0) is 20.4. The lowest BCUT2D eigenvalue weighted by Crippen LogP contribution is -2.47. The summed E-state index contributed by atoms with van der Waals surface area (Å²) in [4.78, 5) is 2.18. The van der Waals surface area contributed by atoms with Crippen molar-refractivity contribution in [2.45, 2.75) is 57.7 Å². The lowest BCUT2D eigenvalue weighted by atomic mass is 9.96. The molecule has 0 bridgehead atoms. The summed E-state index contributed by atoms with van der Waals surface area (Å²) >= 11 is 5.68. The molecule has 5 nitrogen and oxygen atoms in total. The van der Waals surface area contributed by atoms with E-state index in [-0.39, 0.29) is 12.4 Å². The van der Waals surface area contributed by atoms with Gasteiger partial charge in [0.05, 0.1) is 0 Å². The largest absolute Gasteiger partial charge is 0.487 e. The number of thiocarbonyl (C=S) groups is 1. The van der Waals surface area contributed by atoms with Gasteiger partial charge in [0.2, 0.25) is 0 Å². The first-order chi connectivity index (χ1) is 14.0. The maximum absolute atomic E-state index is 13.4. The first-order valence-electron chi connectivity index (χ1n) is 10.2. The van der Waals surface area contributed by atoms with E-state index >= 15 is 0 Å². The van der Waals surface area contributed by atoms with Gasteiger partial charge in [-0.2, -0.15) is 5.10 Å². The minimum atomic E-state index is -0.659. The van der Waals surface area contributed by atoms with Gasteiger partial charge in [-0.05, 0) is 25.1 Å². The van der Waals surface area contributed by atoms with Gasteiger partial charge in [0, 0.05) is 62.1 Å². The molecule has 2 heterocycles. The van der Waals surface area contributed by atoms with E-state index in [0.717, 1.165) is 41.1 Å². The van der Waals surface area contributed by atoms with Crippen LogP contribution in [0, 0.1) is 11.6 Å². The molecule has 1 saturated carbocycles. The van der Waals surface area contributed by atoms with Gasteiger partial charge in [0.1, 0.15) is 29.7 Å². The van der Waals surface area contributed by atoms with Crippen LogP contribution in [0.5, 0.6) is 5.75 Å². The molecule has 0 atom stereocenters. The van der Waals surface area contributed by atoms with E-state index in [0.29, 0.717) is 12.6 Å². The van der Waals surface area contributed by atoms with Crippen LogP contribution in [0.15, 0.2) is 18.2 Å². The number of ether oxygens (including phenoxy) is 1. The Hall–Kier alpha value is -2.22. The molecule has 8 heteroatoms. The molecule has 1 N–H and O–H groups in total. The molecule has 2 aliphatic rings. The lowest BCUT2D eigenvalue weighted by Gasteiger charge is -2.33. The molecule has 1 aliphatic heterocycles. The first kappa shape index (κ1) is 20.1. The Kier molecular flexibility index (Phi) is 5.99. The molecule has 0 amide bonds. The Morgan fingerprint density at radius 2 is 1.93 bits per heavy atom. The normalized spacial score (nSPS) is 17.1. The van der Waals surface area contributed by atoms with Crippen molar-refractivity contribution >= 4 is 17.3 Å². The number of hydrogen-bond donors (Lipinski definition) is 1. The Labute approximate surface area is 175 Å². The van der Waals surface area contributed by atoms with Gasteiger partial charge in [-0.3, -0.25) is 4.68 Å². The van der Waals surface area contributed by atoms with Gasteiger partial charge in [0.15, 0.2) is 5.11 Å². The minimum Gasteiger partial charge on any atom is -0.487 e. The Balaban J connectivity index is 1.43. The molecule has 0 spiro atoms. The number of nitrogens with one attached hydrogen (secondary N) is 1. The Morgan fingerprint density at radius 1 is 1.21 bits per heavy atom. The van der Waals surface area contributed by atoms with Gasteiger partial charge in [-0.25, -0.2) is 8.78 Å². The van der Waals surface area contributed by atoms with Crippen molar-refractivity contribution in [1.29, 1.82) is 0 Å². The van der Waals surface area contributed by atoms with Crippen molar-refractivity contribution in [2.24, 2.45) is 7.05 Å². The topological polar surface area (TPSA) is 42.3 Å². The molecule has 29 heavy (non-hydrogen) atoms. The summed E-state index contributed by atoms with van der Waals surface area (Å²) in [7, 11) is 1.92. The maximum atomic E-state index is 13.4.